The third-order valence-electron chi connectivity index (χ3n) is 5.11. The zero-order valence-electron chi connectivity index (χ0n) is 19.2. The second-order valence-electron chi connectivity index (χ2n) is 7.57. The Balaban J connectivity index is 1.36. The predicted octanol–water partition coefficient (Wildman–Crippen LogP) is 5.02. The lowest BCUT2D eigenvalue weighted by Gasteiger charge is -2.11. The molecule has 0 aliphatic heterocycles. The predicted molar refractivity (Wildman–Crippen MR) is 137 cm³/mol. The minimum absolute atomic E-state index is 0.0733. The van der Waals surface area contributed by atoms with Gasteiger partial charge in [0, 0.05) is 11.1 Å². The van der Waals surface area contributed by atoms with Crippen LogP contribution in [-0.4, -0.2) is 31.2 Å². The van der Waals surface area contributed by atoms with Gasteiger partial charge < -0.3 is 14.8 Å². The number of amides is 1. The summed E-state index contributed by atoms with van der Waals surface area (Å²) in [6.45, 7) is 2.31. The summed E-state index contributed by atoms with van der Waals surface area (Å²) in [6, 6.07) is 27.6. The first-order chi connectivity index (χ1) is 17.1. The highest BCUT2D eigenvalue weighted by molar-refractivity contribution is 5.95. The lowest BCUT2D eigenvalue weighted by molar-refractivity contribution is -0.119. The van der Waals surface area contributed by atoms with Crippen molar-refractivity contribution >= 4 is 34.6 Å². The normalized spacial score (nSPS) is 10.8. The van der Waals surface area contributed by atoms with E-state index in [4.69, 9.17) is 9.47 Å². The Morgan fingerprint density at radius 1 is 0.886 bits per heavy atom. The van der Waals surface area contributed by atoms with Crippen molar-refractivity contribution in [3.63, 3.8) is 0 Å². The second-order valence-corrected chi connectivity index (χ2v) is 7.57. The van der Waals surface area contributed by atoms with E-state index in [0.717, 1.165) is 16.5 Å². The average Bonchev–Trinajstić information content (AvgIpc) is 2.89. The topological polar surface area (TPSA) is 89.0 Å². The molecule has 0 unspecified atom stereocenters. The SMILES string of the molecule is CCOc1cc(/C=N/NC(=O)CNc2cccc3ccccc23)ccc1OC(=O)c1ccccc1. The Kier molecular flexibility index (Phi) is 7.70. The molecule has 4 aromatic rings. The highest BCUT2D eigenvalue weighted by atomic mass is 16.6. The van der Waals surface area contributed by atoms with Crippen LogP contribution in [0.5, 0.6) is 11.5 Å². The van der Waals surface area contributed by atoms with Crippen molar-refractivity contribution in [2.24, 2.45) is 5.10 Å². The van der Waals surface area contributed by atoms with Gasteiger partial charge in [0.1, 0.15) is 0 Å². The van der Waals surface area contributed by atoms with Crippen LogP contribution in [0.15, 0.2) is 96.1 Å². The maximum Gasteiger partial charge on any atom is 0.343 e. The smallest absolute Gasteiger partial charge is 0.343 e. The van der Waals surface area contributed by atoms with Gasteiger partial charge in [-0.25, -0.2) is 10.2 Å². The minimum atomic E-state index is -0.473. The maximum atomic E-state index is 12.4. The molecule has 0 aromatic heterocycles. The Labute approximate surface area is 203 Å². The van der Waals surface area contributed by atoms with Crippen LogP contribution < -0.4 is 20.2 Å². The van der Waals surface area contributed by atoms with E-state index in [1.807, 2.05) is 55.5 Å². The molecule has 0 aliphatic rings. The number of hydrogen-bond donors (Lipinski definition) is 2. The highest BCUT2D eigenvalue weighted by Crippen LogP contribution is 2.29. The number of fused-ring (bicyclic) bond motifs is 1. The molecule has 0 atom stereocenters. The summed E-state index contributed by atoms with van der Waals surface area (Å²) >= 11 is 0. The molecule has 0 saturated heterocycles. The van der Waals surface area contributed by atoms with Crippen LogP contribution in [0.4, 0.5) is 5.69 Å². The highest BCUT2D eigenvalue weighted by Gasteiger charge is 2.13. The third-order valence-corrected chi connectivity index (χ3v) is 5.11. The van der Waals surface area contributed by atoms with Gasteiger partial charge in [0.25, 0.3) is 5.91 Å². The second kappa shape index (κ2) is 11.5. The summed E-state index contributed by atoms with van der Waals surface area (Å²) < 4.78 is 11.1. The molecule has 0 spiro atoms. The number of hydrazone groups is 1. The van der Waals surface area contributed by atoms with Crippen molar-refractivity contribution in [3.05, 3.63) is 102 Å². The molecule has 4 aromatic carbocycles. The van der Waals surface area contributed by atoms with E-state index < -0.39 is 5.97 Å². The van der Waals surface area contributed by atoms with Crippen molar-refractivity contribution < 1.29 is 19.1 Å². The first-order valence-corrected chi connectivity index (χ1v) is 11.2. The number of ether oxygens (including phenoxy) is 2. The molecule has 1 amide bonds. The number of carbonyl (C=O) groups excluding carboxylic acids is 2. The molecule has 0 heterocycles. The van der Waals surface area contributed by atoms with Crippen molar-refractivity contribution in [1.82, 2.24) is 5.43 Å². The van der Waals surface area contributed by atoms with Crippen molar-refractivity contribution in [1.29, 1.82) is 0 Å². The van der Waals surface area contributed by atoms with E-state index in [9.17, 15) is 9.59 Å². The summed E-state index contributed by atoms with van der Waals surface area (Å²) in [7, 11) is 0. The molecule has 0 bridgehead atoms. The maximum absolute atomic E-state index is 12.4. The number of anilines is 1. The lowest BCUT2D eigenvalue weighted by atomic mass is 10.1. The van der Waals surface area contributed by atoms with Crippen molar-refractivity contribution in [2.75, 3.05) is 18.5 Å². The molecule has 2 N–H and O–H groups in total. The molecule has 0 radical (unpaired) electrons. The van der Waals surface area contributed by atoms with Gasteiger partial charge in [0.2, 0.25) is 0 Å². The molecule has 7 nitrogen and oxygen atoms in total. The minimum Gasteiger partial charge on any atom is -0.490 e. The molecule has 7 heteroatoms. The first-order valence-electron chi connectivity index (χ1n) is 11.2. The zero-order chi connectivity index (χ0) is 24.5. The fraction of sp³-hybridized carbons (Fsp3) is 0.107. The average molecular weight is 468 g/mol. The number of nitrogens with zero attached hydrogens (tertiary/aromatic N) is 1. The van der Waals surface area contributed by atoms with Crippen molar-refractivity contribution in [3.8, 4) is 11.5 Å². The summed E-state index contributed by atoms with van der Waals surface area (Å²) in [5.74, 6) is -0.0441. The molecule has 35 heavy (non-hydrogen) atoms. The van der Waals surface area contributed by atoms with E-state index in [0.29, 0.717) is 29.2 Å². The largest absolute Gasteiger partial charge is 0.490 e. The van der Waals surface area contributed by atoms with Crippen LogP contribution in [0.1, 0.15) is 22.8 Å². The summed E-state index contributed by atoms with van der Waals surface area (Å²) in [6.07, 6.45) is 1.50. The van der Waals surface area contributed by atoms with Crippen LogP contribution in [0.3, 0.4) is 0 Å². The number of esters is 1. The van der Waals surface area contributed by atoms with Crippen LogP contribution in [0.25, 0.3) is 10.8 Å². The van der Waals surface area contributed by atoms with E-state index in [2.05, 4.69) is 15.8 Å². The Morgan fingerprint density at radius 3 is 2.49 bits per heavy atom. The number of rotatable bonds is 9. The van der Waals surface area contributed by atoms with Gasteiger partial charge in [0.05, 0.1) is 24.9 Å². The Morgan fingerprint density at radius 2 is 1.66 bits per heavy atom. The van der Waals surface area contributed by atoms with Gasteiger partial charge in [-0.15, -0.1) is 0 Å². The monoisotopic (exact) mass is 467 g/mol. The molecular weight excluding hydrogens is 442 g/mol. The number of hydrogen-bond acceptors (Lipinski definition) is 6. The number of nitrogens with one attached hydrogen (secondary N) is 2. The van der Waals surface area contributed by atoms with Gasteiger partial charge in [-0.05, 0) is 54.3 Å². The van der Waals surface area contributed by atoms with Gasteiger partial charge in [-0.2, -0.15) is 5.10 Å². The van der Waals surface area contributed by atoms with E-state index in [1.165, 1.54) is 6.21 Å². The number of carbonyl (C=O) groups is 2. The first kappa shape index (κ1) is 23.5. The Hall–Kier alpha value is -4.65. The van der Waals surface area contributed by atoms with Crippen LogP contribution >= 0.6 is 0 Å². The van der Waals surface area contributed by atoms with E-state index in [1.54, 1.807) is 42.5 Å². The summed E-state index contributed by atoms with van der Waals surface area (Å²) in [5.41, 5.74) is 4.51. The summed E-state index contributed by atoms with van der Waals surface area (Å²) in [4.78, 5) is 24.6. The van der Waals surface area contributed by atoms with Gasteiger partial charge >= 0.3 is 5.97 Å². The lowest BCUT2D eigenvalue weighted by Crippen LogP contribution is -2.25. The standard InChI is InChI=1S/C28H25N3O4/c1-2-34-26-17-20(15-16-25(26)35-28(33)22-10-4-3-5-11-22)18-30-31-27(32)19-29-24-14-8-12-21-9-6-7-13-23(21)24/h3-18,29H,2,19H2,1H3,(H,31,32)/b30-18+. The van der Waals surface area contributed by atoms with E-state index in [-0.39, 0.29) is 12.5 Å². The fourth-order valence-corrected chi connectivity index (χ4v) is 3.46. The van der Waals surface area contributed by atoms with Crippen molar-refractivity contribution in [2.45, 2.75) is 6.92 Å². The molecule has 0 aliphatic carbocycles. The van der Waals surface area contributed by atoms with Crippen LogP contribution in [0.2, 0.25) is 0 Å². The molecule has 0 saturated carbocycles. The Bertz CT molecular complexity index is 1350. The summed E-state index contributed by atoms with van der Waals surface area (Å²) in [5, 5.41) is 9.31. The van der Waals surface area contributed by atoms with Crippen LogP contribution in [-0.2, 0) is 4.79 Å². The van der Waals surface area contributed by atoms with Gasteiger partial charge in [0.15, 0.2) is 11.5 Å². The number of benzene rings is 4. The zero-order valence-corrected chi connectivity index (χ0v) is 19.2. The molecular formula is C28H25N3O4. The van der Waals surface area contributed by atoms with Gasteiger partial charge in [-0.3, -0.25) is 4.79 Å². The van der Waals surface area contributed by atoms with Crippen LogP contribution in [0, 0.1) is 0 Å². The fourth-order valence-electron chi connectivity index (χ4n) is 3.46. The molecule has 0 fully saturated rings. The van der Waals surface area contributed by atoms with E-state index >= 15 is 0 Å². The molecule has 176 valence electrons. The van der Waals surface area contributed by atoms with Gasteiger partial charge in [-0.1, -0.05) is 54.6 Å². The quantitative estimate of drug-likeness (QED) is 0.156. The molecule has 4 rings (SSSR count). The third kappa shape index (κ3) is 6.23.